The lowest BCUT2D eigenvalue weighted by Gasteiger charge is -2.13. The van der Waals surface area contributed by atoms with E-state index in [0.717, 1.165) is 11.4 Å². The van der Waals surface area contributed by atoms with Crippen LogP contribution in [-0.4, -0.2) is 26.5 Å². The van der Waals surface area contributed by atoms with Crippen LogP contribution in [0.3, 0.4) is 0 Å². The van der Waals surface area contributed by atoms with Crippen molar-refractivity contribution < 1.29 is 4.79 Å². The zero-order valence-corrected chi connectivity index (χ0v) is 12.6. The fourth-order valence-corrected chi connectivity index (χ4v) is 1.94. The van der Waals surface area contributed by atoms with Crippen LogP contribution in [-0.2, 0) is 4.79 Å². The highest BCUT2D eigenvalue weighted by atomic mass is 16.1. The molecule has 0 unspecified atom stereocenters. The lowest BCUT2D eigenvalue weighted by atomic mass is 10.2. The Labute approximate surface area is 130 Å². The average Bonchev–Trinajstić information content (AvgIpc) is 2.54. The van der Waals surface area contributed by atoms with Crippen molar-refractivity contribution in [3.05, 3.63) is 54.1 Å². The van der Waals surface area contributed by atoms with Gasteiger partial charge in [0.2, 0.25) is 5.91 Å². The molecule has 0 atom stereocenters. The van der Waals surface area contributed by atoms with Crippen molar-refractivity contribution in [3.63, 3.8) is 0 Å². The van der Waals surface area contributed by atoms with E-state index in [1.807, 2.05) is 43.3 Å². The molecule has 112 valence electrons. The summed E-state index contributed by atoms with van der Waals surface area (Å²) in [6.07, 6.45) is 0. The number of carbonyl (C=O) groups excluding carboxylic acids is 1. The highest BCUT2D eigenvalue weighted by molar-refractivity contribution is 5.94. The third-order valence-electron chi connectivity index (χ3n) is 3.16. The van der Waals surface area contributed by atoms with E-state index in [1.165, 1.54) is 0 Å². The molecule has 0 aromatic heterocycles. The molecule has 5 nitrogen and oxygen atoms in total. The van der Waals surface area contributed by atoms with Crippen molar-refractivity contribution in [3.8, 4) is 6.07 Å². The molecule has 0 bridgehead atoms. The summed E-state index contributed by atoms with van der Waals surface area (Å²) >= 11 is 0. The van der Waals surface area contributed by atoms with Gasteiger partial charge in [-0.15, -0.1) is 0 Å². The molecule has 2 aromatic carbocycles. The Hall–Kier alpha value is -3.00. The second-order valence-electron chi connectivity index (χ2n) is 5.00. The third-order valence-corrected chi connectivity index (χ3v) is 3.16. The number of para-hydroxylation sites is 1. The van der Waals surface area contributed by atoms with Crippen LogP contribution in [0.5, 0.6) is 0 Å². The van der Waals surface area contributed by atoms with Gasteiger partial charge in [-0.05, 0) is 36.4 Å². The standard InChI is InChI=1S/C17H18N4O/c1-21(2)15-9-7-14(8-10-15)19-12-17(22)20-16-6-4-3-5-13(16)11-18/h3-10,19H,12H2,1-2H3,(H,20,22). The quantitative estimate of drug-likeness (QED) is 0.889. The Kier molecular flexibility index (Phi) is 4.99. The van der Waals surface area contributed by atoms with Gasteiger partial charge in [0.25, 0.3) is 0 Å². The molecule has 1 amide bonds. The molecule has 0 aliphatic rings. The first-order valence-corrected chi connectivity index (χ1v) is 6.90. The van der Waals surface area contributed by atoms with Crippen molar-refractivity contribution in [2.24, 2.45) is 0 Å². The van der Waals surface area contributed by atoms with E-state index in [2.05, 4.69) is 16.7 Å². The number of hydrogen-bond donors (Lipinski definition) is 2. The van der Waals surface area contributed by atoms with Gasteiger partial charge in [-0.3, -0.25) is 4.79 Å². The maximum Gasteiger partial charge on any atom is 0.243 e. The summed E-state index contributed by atoms with van der Waals surface area (Å²) < 4.78 is 0. The van der Waals surface area contributed by atoms with Crippen molar-refractivity contribution in [1.82, 2.24) is 0 Å². The van der Waals surface area contributed by atoms with E-state index in [1.54, 1.807) is 24.3 Å². The van der Waals surface area contributed by atoms with E-state index in [9.17, 15) is 4.79 Å². The largest absolute Gasteiger partial charge is 0.378 e. The molecule has 22 heavy (non-hydrogen) atoms. The van der Waals surface area contributed by atoms with Gasteiger partial charge in [-0.25, -0.2) is 0 Å². The first kappa shape index (κ1) is 15.4. The van der Waals surface area contributed by atoms with Crippen LogP contribution in [0.25, 0.3) is 0 Å². The molecule has 0 radical (unpaired) electrons. The number of benzene rings is 2. The van der Waals surface area contributed by atoms with Gasteiger partial charge in [0.1, 0.15) is 6.07 Å². The predicted octanol–water partition coefficient (Wildman–Crippen LogP) is 2.67. The van der Waals surface area contributed by atoms with Gasteiger partial charge in [0.05, 0.1) is 17.8 Å². The maximum absolute atomic E-state index is 11.9. The van der Waals surface area contributed by atoms with Crippen molar-refractivity contribution in [2.45, 2.75) is 0 Å². The van der Waals surface area contributed by atoms with Crippen LogP contribution in [0.4, 0.5) is 17.1 Å². The first-order chi connectivity index (χ1) is 10.6. The Morgan fingerprint density at radius 1 is 1.14 bits per heavy atom. The minimum absolute atomic E-state index is 0.140. The molecule has 0 aliphatic heterocycles. The zero-order chi connectivity index (χ0) is 15.9. The van der Waals surface area contributed by atoms with Crippen molar-refractivity contribution in [1.29, 1.82) is 5.26 Å². The monoisotopic (exact) mass is 294 g/mol. The van der Waals surface area contributed by atoms with Crippen molar-refractivity contribution >= 4 is 23.0 Å². The molecule has 2 N–H and O–H groups in total. The van der Waals surface area contributed by atoms with E-state index >= 15 is 0 Å². The topological polar surface area (TPSA) is 68.2 Å². The van der Waals surface area contributed by atoms with Crippen LogP contribution in [0, 0.1) is 11.3 Å². The van der Waals surface area contributed by atoms with E-state index < -0.39 is 0 Å². The highest BCUT2D eigenvalue weighted by Crippen LogP contribution is 2.16. The number of rotatable bonds is 5. The lowest BCUT2D eigenvalue weighted by molar-refractivity contribution is -0.114. The van der Waals surface area contributed by atoms with Gasteiger partial charge in [0, 0.05) is 25.5 Å². The first-order valence-electron chi connectivity index (χ1n) is 6.90. The lowest BCUT2D eigenvalue weighted by Crippen LogP contribution is -2.22. The molecule has 0 spiro atoms. The Bertz CT molecular complexity index is 687. The normalized spacial score (nSPS) is 9.68. The maximum atomic E-state index is 11.9. The molecule has 0 heterocycles. The minimum atomic E-state index is -0.195. The number of anilines is 3. The van der Waals surface area contributed by atoms with Gasteiger partial charge in [-0.2, -0.15) is 5.26 Å². The van der Waals surface area contributed by atoms with Gasteiger partial charge in [-0.1, -0.05) is 12.1 Å². The molecular weight excluding hydrogens is 276 g/mol. The summed E-state index contributed by atoms with van der Waals surface area (Å²) in [5, 5.41) is 14.8. The molecule has 2 rings (SSSR count). The number of nitrogens with one attached hydrogen (secondary N) is 2. The number of carbonyl (C=O) groups is 1. The summed E-state index contributed by atoms with van der Waals surface area (Å²) in [4.78, 5) is 13.9. The zero-order valence-electron chi connectivity index (χ0n) is 12.6. The molecule has 0 fully saturated rings. The Morgan fingerprint density at radius 2 is 1.82 bits per heavy atom. The second-order valence-corrected chi connectivity index (χ2v) is 5.00. The average molecular weight is 294 g/mol. The third kappa shape index (κ3) is 4.00. The summed E-state index contributed by atoms with van der Waals surface area (Å²) in [5.74, 6) is -0.195. The fraction of sp³-hybridized carbons (Fsp3) is 0.176. The van der Waals surface area contributed by atoms with Crippen LogP contribution in [0.2, 0.25) is 0 Å². The highest BCUT2D eigenvalue weighted by Gasteiger charge is 2.06. The van der Waals surface area contributed by atoms with Crippen LogP contribution < -0.4 is 15.5 Å². The summed E-state index contributed by atoms with van der Waals surface area (Å²) in [6.45, 7) is 0.140. The SMILES string of the molecule is CN(C)c1ccc(NCC(=O)Nc2ccccc2C#N)cc1. The Balaban J connectivity index is 1.91. The van der Waals surface area contributed by atoms with Gasteiger partial charge >= 0.3 is 0 Å². The Morgan fingerprint density at radius 3 is 2.45 bits per heavy atom. The van der Waals surface area contributed by atoms with E-state index in [-0.39, 0.29) is 12.5 Å². The molecule has 5 heteroatoms. The van der Waals surface area contributed by atoms with E-state index in [0.29, 0.717) is 11.3 Å². The predicted molar refractivity (Wildman–Crippen MR) is 89.0 cm³/mol. The van der Waals surface area contributed by atoms with Crippen LogP contribution >= 0.6 is 0 Å². The molecule has 2 aromatic rings. The number of hydrogen-bond acceptors (Lipinski definition) is 4. The number of nitriles is 1. The summed E-state index contributed by atoms with van der Waals surface area (Å²) in [7, 11) is 3.95. The molecular formula is C17H18N4O. The fourth-order valence-electron chi connectivity index (χ4n) is 1.94. The van der Waals surface area contributed by atoms with Gasteiger partial charge < -0.3 is 15.5 Å². The number of nitrogens with zero attached hydrogens (tertiary/aromatic N) is 2. The molecule has 0 saturated heterocycles. The summed E-state index contributed by atoms with van der Waals surface area (Å²) in [6, 6.07) is 16.8. The van der Waals surface area contributed by atoms with Crippen LogP contribution in [0.1, 0.15) is 5.56 Å². The van der Waals surface area contributed by atoms with Crippen LogP contribution in [0.15, 0.2) is 48.5 Å². The summed E-state index contributed by atoms with van der Waals surface area (Å²) in [5.41, 5.74) is 2.94. The molecule has 0 aliphatic carbocycles. The molecule has 0 saturated carbocycles. The van der Waals surface area contributed by atoms with Crippen molar-refractivity contribution in [2.75, 3.05) is 36.2 Å². The van der Waals surface area contributed by atoms with Gasteiger partial charge in [0.15, 0.2) is 0 Å². The number of amides is 1. The second kappa shape index (κ2) is 7.14. The smallest absolute Gasteiger partial charge is 0.243 e. The van der Waals surface area contributed by atoms with E-state index in [4.69, 9.17) is 5.26 Å². The minimum Gasteiger partial charge on any atom is -0.378 e.